The number of para-hydroxylation sites is 1. The molecule has 0 aliphatic carbocycles. The molecule has 1 aliphatic heterocycles. The quantitative estimate of drug-likeness (QED) is 0.888. The summed E-state index contributed by atoms with van der Waals surface area (Å²) in [6, 6.07) is 5.40. The predicted molar refractivity (Wildman–Crippen MR) is 68.4 cm³/mol. The summed E-state index contributed by atoms with van der Waals surface area (Å²) in [6.07, 6.45) is -0.948. The molecule has 0 saturated carbocycles. The van der Waals surface area contributed by atoms with Crippen LogP contribution in [0.15, 0.2) is 40.5 Å². The Morgan fingerprint density at radius 2 is 2.11 bits per heavy atom. The maximum atomic E-state index is 13.2. The van der Waals surface area contributed by atoms with Gasteiger partial charge in [0.05, 0.1) is 5.55 Å². The molecular formula is C10H7FN2O4S2. The lowest BCUT2D eigenvalue weighted by molar-refractivity contribution is 0.201. The Morgan fingerprint density at radius 3 is 2.74 bits per heavy atom. The third-order valence-electron chi connectivity index (χ3n) is 1.95. The van der Waals surface area contributed by atoms with Crippen LogP contribution in [0.25, 0.3) is 0 Å². The van der Waals surface area contributed by atoms with E-state index in [9.17, 15) is 17.6 Å². The summed E-state index contributed by atoms with van der Waals surface area (Å²) >= 11 is 0. The van der Waals surface area contributed by atoms with E-state index in [2.05, 4.69) is 10.3 Å². The van der Waals surface area contributed by atoms with Gasteiger partial charge >= 0.3 is 6.09 Å². The monoisotopic (exact) mass is 302 g/mol. The van der Waals surface area contributed by atoms with Crippen LogP contribution in [0.2, 0.25) is 0 Å². The summed E-state index contributed by atoms with van der Waals surface area (Å²) < 4.78 is 39.2. The zero-order valence-corrected chi connectivity index (χ0v) is 10.9. The standard InChI is InChI=1S/C10H7FN2O4S2/c11-7-3-1-2-4-8(7)17-10(14)13-9-5-18(6-12-9)19(15)16/h1-6H,(H,13,14). The first-order chi connectivity index (χ1) is 9.06. The molecule has 1 atom stereocenters. The number of benzene rings is 1. The molecule has 0 radical (unpaired) electrons. The summed E-state index contributed by atoms with van der Waals surface area (Å²) in [5.74, 6) is -0.857. The molecule has 0 aromatic heterocycles. The Hall–Kier alpha value is -2.00. The second-order valence-corrected chi connectivity index (χ2v) is 6.70. The zero-order valence-electron chi connectivity index (χ0n) is 9.24. The third-order valence-corrected chi connectivity index (χ3v) is 4.52. The molecule has 1 aromatic carbocycles. The van der Waals surface area contributed by atoms with Gasteiger partial charge in [0.15, 0.2) is 11.6 Å². The lowest BCUT2D eigenvalue weighted by Gasteiger charge is -2.05. The molecule has 0 fully saturated rings. The molecule has 6 nitrogen and oxygen atoms in total. The van der Waals surface area contributed by atoms with Gasteiger partial charge < -0.3 is 4.74 Å². The minimum atomic E-state index is -2.32. The van der Waals surface area contributed by atoms with Crippen LogP contribution in [0.3, 0.4) is 0 Å². The molecule has 100 valence electrons. The number of halogens is 1. The second kappa shape index (κ2) is 5.76. The number of hydrogen-bond acceptors (Lipinski definition) is 5. The van der Waals surface area contributed by atoms with Crippen molar-refractivity contribution in [1.82, 2.24) is 5.32 Å². The lowest BCUT2D eigenvalue weighted by atomic mass is 10.3. The highest BCUT2D eigenvalue weighted by Gasteiger charge is 2.12. The van der Waals surface area contributed by atoms with E-state index in [4.69, 9.17) is 4.74 Å². The maximum absolute atomic E-state index is 13.2. The molecule has 1 heterocycles. The van der Waals surface area contributed by atoms with Gasteiger partial charge in [-0.3, -0.25) is 5.32 Å². The summed E-state index contributed by atoms with van der Waals surface area (Å²) in [5.41, 5.74) is 1.18. The molecule has 1 aromatic rings. The first kappa shape index (κ1) is 13.4. The highest BCUT2D eigenvalue weighted by molar-refractivity contribution is 8.42. The second-order valence-electron chi connectivity index (χ2n) is 3.22. The van der Waals surface area contributed by atoms with Gasteiger partial charge in [-0.2, -0.15) is 8.42 Å². The Bertz CT molecular complexity index is 717. The molecule has 1 unspecified atom stereocenters. The number of carbonyl (C=O) groups is 1. The van der Waals surface area contributed by atoms with E-state index in [1.165, 1.54) is 29.2 Å². The van der Waals surface area contributed by atoms with Gasteiger partial charge in [-0.05, 0) is 12.1 Å². The van der Waals surface area contributed by atoms with Gasteiger partial charge in [0.25, 0.3) is 0 Å². The van der Waals surface area contributed by atoms with Crippen LogP contribution in [-0.2, 0) is 18.7 Å². The van der Waals surface area contributed by atoms with Crippen LogP contribution in [0.5, 0.6) is 5.75 Å². The fraction of sp³-hybridized carbons (Fsp3) is 0. The highest BCUT2D eigenvalue weighted by atomic mass is 32.9. The van der Waals surface area contributed by atoms with E-state index >= 15 is 0 Å². The maximum Gasteiger partial charge on any atom is 0.418 e. The number of rotatable bonds is 2. The Kier molecular flexibility index (Phi) is 4.07. The van der Waals surface area contributed by atoms with Crippen molar-refractivity contribution >= 4 is 30.4 Å². The minimum absolute atomic E-state index is 0.0499. The topological polar surface area (TPSA) is 84.8 Å². The molecule has 0 bridgehead atoms. The smallest absolute Gasteiger partial charge is 0.407 e. The van der Waals surface area contributed by atoms with Crippen molar-refractivity contribution in [1.29, 1.82) is 0 Å². The zero-order chi connectivity index (χ0) is 13.8. The van der Waals surface area contributed by atoms with Crippen LogP contribution in [-0.4, -0.2) is 20.1 Å². The summed E-state index contributed by atoms with van der Waals surface area (Å²) in [7, 11) is -3.48. The van der Waals surface area contributed by atoms with Crippen molar-refractivity contribution in [2.75, 3.05) is 0 Å². The largest absolute Gasteiger partial charge is 0.418 e. The number of aliphatic imine (C=N–C) groups is 1. The number of nitrogens with zero attached hydrogens (tertiary/aromatic N) is 1. The van der Waals surface area contributed by atoms with E-state index in [1.54, 1.807) is 0 Å². The van der Waals surface area contributed by atoms with Gasteiger partial charge in [0.1, 0.15) is 5.82 Å². The first-order valence-corrected chi connectivity index (χ1v) is 7.81. The van der Waals surface area contributed by atoms with Crippen LogP contribution < -0.4 is 10.1 Å². The van der Waals surface area contributed by atoms with Crippen LogP contribution in [0, 0.1) is 5.82 Å². The van der Waals surface area contributed by atoms with Crippen molar-refractivity contribution in [3.05, 3.63) is 41.3 Å². The third kappa shape index (κ3) is 3.48. The average molecular weight is 302 g/mol. The van der Waals surface area contributed by atoms with Crippen molar-refractivity contribution in [3.63, 3.8) is 0 Å². The average Bonchev–Trinajstić information content (AvgIpc) is 2.80. The lowest BCUT2D eigenvalue weighted by Crippen LogP contribution is -2.25. The number of ether oxygens (including phenoxy) is 1. The van der Waals surface area contributed by atoms with E-state index < -0.39 is 30.6 Å². The Balaban J connectivity index is 2.05. The van der Waals surface area contributed by atoms with Crippen LogP contribution >= 0.6 is 0 Å². The summed E-state index contributed by atoms with van der Waals surface area (Å²) in [5, 5.41) is 3.46. The minimum Gasteiger partial charge on any atom is -0.407 e. The van der Waals surface area contributed by atoms with E-state index in [1.807, 2.05) is 0 Å². The predicted octanol–water partition coefficient (Wildman–Crippen LogP) is 1.17. The molecule has 1 amide bonds. The summed E-state index contributed by atoms with van der Waals surface area (Å²) in [4.78, 5) is 15.1. The number of amides is 1. The van der Waals surface area contributed by atoms with E-state index in [0.717, 1.165) is 6.07 Å². The number of hydrogen-bond donors (Lipinski definition) is 1. The van der Waals surface area contributed by atoms with Gasteiger partial charge in [0, 0.05) is 14.9 Å². The summed E-state index contributed by atoms with van der Waals surface area (Å²) in [6.45, 7) is 0. The van der Waals surface area contributed by atoms with Crippen molar-refractivity contribution in [2.45, 2.75) is 0 Å². The van der Waals surface area contributed by atoms with Crippen molar-refractivity contribution in [3.8, 4) is 5.75 Å². The van der Waals surface area contributed by atoms with Crippen molar-refractivity contribution in [2.24, 2.45) is 4.99 Å². The van der Waals surface area contributed by atoms with Gasteiger partial charge in [-0.25, -0.2) is 14.2 Å². The Labute approximate surface area is 110 Å². The molecule has 0 spiro atoms. The SMILES string of the molecule is O=C(NC1=CS(=S(=O)=O)C=N1)Oc1ccccc1F. The molecule has 1 aliphatic rings. The van der Waals surface area contributed by atoms with Gasteiger partial charge in [-0.15, -0.1) is 0 Å². The van der Waals surface area contributed by atoms with Crippen LogP contribution in [0.4, 0.5) is 9.18 Å². The fourth-order valence-corrected chi connectivity index (χ4v) is 2.79. The highest BCUT2D eigenvalue weighted by Crippen LogP contribution is 2.15. The van der Waals surface area contributed by atoms with Gasteiger partial charge in [-0.1, -0.05) is 12.1 Å². The van der Waals surface area contributed by atoms with E-state index in [-0.39, 0.29) is 11.6 Å². The van der Waals surface area contributed by atoms with Crippen molar-refractivity contribution < 1.29 is 22.3 Å². The van der Waals surface area contributed by atoms with Crippen LogP contribution in [0.1, 0.15) is 0 Å². The fourth-order valence-electron chi connectivity index (χ4n) is 1.17. The number of carbonyl (C=O) groups excluding carboxylic acids is 1. The Morgan fingerprint density at radius 1 is 1.37 bits per heavy atom. The molecule has 19 heavy (non-hydrogen) atoms. The molecule has 9 heteroatoms. The molecule has 1 N–H and O–H groups in total. The normalized spacial score (nSPS) is 16.9. The first-order valence-electron chi connectivity index (χ1n) is 4.87. The molecule has 0 saturated heterocycles. The van der Waals surface area contributed by atoms with E-state index in [0.29, 0.717) is 0 Å². The number of nitrogens with one attached hydrogen (secondary N) is 1. The van der Waals surface area contributed by atoms with Gasteiger partial charge in [0.2, 0.25) is 9.26 Å². The molecule has 2 rings (SSSR count). The molecular weight excluding hydrogens is 295 g/mol.